The minimum absolute atomic E-state index is 0.0417. The van der Waals surface area contributed by atoms with Gasteiger partial charge in [0.25, 0.3) is 0 Å². The van der Waals surface area contributed by atoms with Crippen molar-refractivity contribution in [2.45, 2.75) is 27.2 Å². The van der Waals surface area contributed by atoms with Gasteiger partial charge in [0.1, 0.15) is 5.82 Å². The molecule has 1 nitrogen and oxygen atoms in total. The first kappa shape index (κ1) is 13.5. The van der Waals surface area contributed by atoms with Gasteiger partial charge in [-0.15, -0.1) is 0 Å². The average molecular weight is 256 g/mol. The number of carbonyl (C=O) groups is 1. The van der Waals surface area contributed by atoms with Crippen LogP contribution in [0.3, 0.4) is 0 Å². The van der Waals surface area contributed by atoms with Crippen LogP contribution in [-0.4, -0.2) is 5.78 Å². The van der Waals surface area contributed by atoms with Gasteiger partial charge in [0.2, 0.25) is 0 Å². The van der Waals surface area contributed by atoms with Gasteiger partial charge in [-0.3, -0.25) is 4.79 Å². The lowest BCUT2D eigenvalue weighted by atomic mass is 9.95. The number of halogens is 1. The molecule has 98 valence electrons. The molecule has 0 radical (unpaired) electrons. The Labute approximate surface area is 113 Å². The van der Waals surface area contributed by atoms with Crippen LogP contribution >= 0.6 is 0 Å². The maximum atomic E-state index is 13.3. The molecule has 0 bridgehead atoms. The first-order valence-corrected chi connectivity index (χ1v) is 6.33. The van der Waals surface area contributed by atoms with Gasteiger partial charge in [0.05, 0.1) is 0 Å². The van der Waals surface area contributed by atoms with Crippen molar-refractivity contribution in [1.82, 2.24) is 0 Å². The van der Waals surface area contributed by atoms with Gasteiger partial charge in [0.15, 0.2) is 5.78 Å². The molecule has 0 N–H and O–H groups in total. The zero-order valence-electron chi connectivity index (χ0n) is 11.5. The van der Waals surface area contributed by atoms with Gasteiger partial charge >= 0.3 is 0 Å². The lowest BCUT2D eigenvalue weighted by Gasteiger charge is -2.09. The number of aryl methyl sites for hydroxylation is 3. The Morgan fingerprint density at radius 3 is 2.26 bits per heavy atom. The maximum Gasteiger partial charge on any atom is 0.167 e. The van der Waals surface area contributed by atoms with E-state index >= 15 is 0 Å². The molecule has 2 aromatic carbocycles. The van der Waals surface area contributed by atoms with Gasteiger partial charge in [-0.05, 0) is 61.2 Å². The average Bonchev–Trinajstić information content (AvgIpc) is 2.32. The molecular weight excluding hydrogens is 239 g/mol. The fourth-order valence-corrected chi connectivity index (χ4v) is 2.29. The highest BCUT2D eigenvalue weighted by Gasteiger charge is 2.12. The molecule has 0 saturated heterocycles. The van der Waals surface area contributed by atoms with E-state index in [1.165, 1.54) is 12.1 Å². The van der Waals surface area contributed by atoms with Gasteiger partial charge in [0, 0.05) is 12.0 Å². The SMILES string of the molecule is Cc1cc(F)cc(C(=O)Cc2c(C)cccc2C)c1. The van der Waals surface area contributed by atoms with Crippen molar-refractivity contribution < 1.29 is 9.18 Å². The minimum atomic E-state index is -0.357. The van der Waals surface area contributed by atoms with Crippen LogP contribution in [0.5, 0.6) is 0 Å². The molecule has 2 rings (SSSR count). The standard InChI is InChI=1S/C17H17FO/c1-11-7-14(9-15(18)8-11)17(19)10-16-12(2)5-4-6-13(16)3/h4-9H,10H2,1-3H3. The fraction of sp³-hybridized carbons (Fsp3) is 0.235. The van der Waals surface area contributed by atoms with E-state index in [0.717, 1.165) is 22.3 Å². The second kappa shape index (κ2) is 5.35. The molecular formula is C17H17FO. The Morgan fingerprint density at radius 1 is 1.05 bits per heavy atom. The number of Topliss-reactive ketones (excluding diaryl/α,β-unsaturated/α-hetero) is 1. The number of ketones is 1. The van der Waals surface area contributed by atoms with Gasteiger partial charge in [-0.25, -0.2) is 4.39 Å². The molecule has 0 amide bonds. The quantitative estimate of drug-likeness (QED) is 0.753. The number of hydrogen-bond acceptors (Lipinski definition) is 1. The minimum Gasteiger partial charge on any atom is -0.294 e. The summed E-state index contributed by atoms with van der Waals surface area (Å²) in [6.07, 6.45) is 0.321. The summed E-state index contributed by atoms with van der Waals surface area (Å²) in [6, 6.07) is 10.4. The van der Waals surface area contributed by atoms with Crippen LogP contribution in [-0.2, 0) is 6.42 Å². The number of carbonyl (C=O) groups excluding carboxylic acids is 1. The molecule has 0 saturated carbocycles. The van der Waals surface area contributed by atoms with E-state index in [2.05, 4.69) is 0 Å². The van der Waals surface area contributed by atoms with Crippen LogP contribution in [0.25, 0.3) is 0 Å². The Kier molecular flexibility index (Phi) is 3.79. The van der Waals surface area contributed by atoms with E-state index in [1.807, 2.05) is 32.0 Å². The molecule has 0 aliphatic rings. The Hall–Kier alpha value is -1.96. The largest absolute Gasteiger partial charge is 0.294 e. The maximum absolute atomic E-state index is 13.3. The summed E-state index contributed by atoms with van der Waals surface area (Å²) >= 11 is 0. The number of hydrogen-bond donors (Lipinski definition) is 0. The van der Waals surface area contributed by atoms with Crippen molar-refractivity contribution in [3.05, 3.63) is 70.0 Å². The van der Waals surface area contributed by atoms with Crippen molar-refractivity contribution in [3.8, 4) is 0 Å². The zero-order valence-corrected chi connectivity index (χ0v) is 11.5. The molecule has 0 aliphatic heterocycles. The van der Waals surface area contributed by atoms with Crippen molar-refractivity contribution in [3.63, 3.8) is 0 Å². The molecule has 2 heteroatoms. The highest BCUT2D eigenvalue weighted by atomic mass is 19.1. The van der Waals surface area contributed by atoms with E-state index in [4.69, 9.17) is 0 Å². The van der Waals surface area contributed by atoms with E-state index in [0.29, 0.717) is 12.0 Å². The number of benzene rings is 2. The summed E-state index contributed by atoms with van der Waals surface area (Å²) in [4.78, 5) is 12.3. The third kappa shape index (κ3) is 3.08. The number of rotatable bonds is 3. The summed E-state index contributed by atoms with van der Waals surface area (Å²) in [7, 11) is 0. The van der Waals surface area contributed by atoms with Crippen LogP contribution < -0.4 is 0 Å². The fourth-order valence-electron chi connectivity index (χ4n) is 2.29. The van der Waals surface area contributed by atoms with Crippen molar-refractivity contribution in [2.24, 2.45) is 0 Å². The monoisotopic (exact) mass is 256 g/mol. The third-order valence-electron chi connectivity index (χ3n) is 3.35. The van der Waals surface area contributed by atoms with Gasteiger partial charge in [-0.2, -0.15) is 0 Å². The van der Waals surface area contributed by atoms with Crippen LogP contribution in [0, 0.1) is 26.6 Å². The van der Waals surface area contributed by atoms with Crippen LogP contribution in [0.4, 0.5) is 4.39 Å². The van der Waals surface area contributed by atoms with Crippen LogP contribution in [0.1, 0.15) is 32.6 Å². The predicted molar refractivity (Wildman–Crippen MR) is 75.1 cm³/mol. The molecule has 19 heavy (non-hydrogen) atoms. The molecule has 2 aromatic rings. The van der Waals surface area contributed by atoms with E-state index < -0.39 is 0 Å². The normalized spacial score (nSPS) is 10.5. The molecule has 0 unspecified atom stereocenters. The molecule has 0 spiro atoms. The summed E-state index contributed by atoms with van der Waals surface area (Å²) in [5.74, 6) is -0.398. The smallest absolute Gasteiger partial charge is 0.167 e. The Balaban J connectivity index is 2.31. The van der Waals surface area contributed by atoms with E-state index in [-0.39, 0.29) is 11.6 Å². The topological polar surface area (TPSA) is 17.1 Å². The predicted octanol–water partition coefficient (Wildman–Crippen LogP) is 4.18. The second-order valence-electron chi connectivity index (χ2n) is 4.99. The van der Waals surface area contributed by atoms with Crippen LogP contribution in [0.15, 0.2) is 36.4 Å². The summed E-state index contributed by atoms with van der Waals surface area (Å²) < 4.78 is 13.3. The molecule has 0 atom stereocenters. The molecule has 0 aliphatic carbocycles. The summed E-state index contributed by atoms with van der Waals surface area (Å²) in [5.41, 5.74) is 4.45. The third-order valence-corrected chi connectivity index (χ3v) is 3.35. The second-order valence-corrected chi connectivity index (χ2v) is 4.99. The van der Waals surface area contributed by atoms with E-state index in [9.17, 15) is 9.18 Å². The van der Waals surface area contributed by atoms with Crippen molar-refractivity contribution >= 4 is 5.78 Å². The van der Waals surface area contributed by atoms with Crippen LogP contribution in [0.2, 0.25) is 0 Å². The van der Waals surface area contributed by atoms with Gasteiger partial charge < -0.3 is 0 Å². The summed E-state index contributed by atoms with van der Waals surface area (Å²) in [6.45, 7) is 5.78. The molecule has 0 heterocycles. The Morgan fingerprint density at radius 2 is 1.68 bits per heavy atom. The van der Waals surface area contributed by atoms with E-state index in [1.54, 1.807) is 13.0 Å². The lowest BCUT2D eigenvalue weighted by molar-refractivity contribution is 0.0992. The molecule has 0 fully saturated rings. The lowest BCUT2D eigenvalue weighted by Crippen LogP contribution is -2.07. The first-order chi connectivity index (χ1) is 8.97. The van der Waals surface area contributed by atoms with Crippen molar-refractivity contribution in [1.29, 1.82) is 0 Å². The summed E-state index contributed by atoms with van der Waals surface area (Å²) in [5, 5.41) is 0. The first-order valence-electron chi connectivity index (χ1n) is 6.33. The highest BCUT2D eigenvalue weighted by Crippen LogP contribution is 2.17. The highest BCUT2D eigenvalue weighted by molar-refractivity contribution is 5.98. The zero-order chi connectivity index (χ0) is 14.0. The molecule has 0 aromatic heterocycles. The Bertz CT molecular complexity index is 589. The van der Waals surface area contributed by atoms with Gasteiger partial charge in [-0.1, -0.05) is 18.2 Å². The van der Waals surface area contributed by atoms with Crippen molar-refractivity contribution in [2.75, 3.05) is 0 Å².